The molecule has 1 heterocycles. The van der Waals surface area contributed by atoms with Gasteiger partial charge in [-0.05, 0) is 31.0 Å². The van der Waals surface area contributed by atoms with Crippen LogP contribution in [0.1, 0.15) is 12.8 Å². The van der Waals surface area contributed by atoms with E-state index in [0.717, 1.165) is 17.7 Å². The van der Waals surface area contributed by atoms with Crippen molar-refractivity contribution in [2.24, 2.45) is 5.41 Å². The summed E-state index contributed by atoms with van der Waals surface area (Å²) in [5.41, 5.74) is -0.0721. The molecule has 1 aliphatic heterocycles. The maximum Gasteiger partial charge on any atom is 0.328 e. The fourth-order valence-electron chi connectivity index (χ4n) is 2.15. The van der Waals surface area contributed by atoms with Crippen molar-refractivity contribution in [1.29, 1.82) is 0 Å². The summed E-state index contributed by atoms with van der Waals surface area (Å²) in [6, 6.07) is 4.28. The summed E-state index contributed by atoms with van der Waals surface area (Å²) in [5, 5.41) is 3.49. The van der Waals surface area contributed by atoms with Crippen LogP contribution < -0.4 is 10.2 Å². The molecule has 1 spiro atoms. The molecule has 2 aliphatic rings. The summed E-state index contributed by atoms with van der Waals surface area (Å²) >= 11 is 11.9. The number of hydrogen-bond acceptors (Lipinski definition) is 2. The molecule has 0 radical (unpaired) electrons. The van der Waals surface area contributed by atoms with Gasteiger partial charge in [0.05, 0.1) is 16.1 Å². The molecule has 18 heavy (non-hydrogen) atoms. The maximum atomic E-state index is 12.3. The first-order valence-corrected chi connectivity index (χ1v) is 6.37. The molecule has 1 N–H and O–H groups in total. The van der Waals surface area contributed by atoms with E-state index in [0.29, 0.717) is 22.3 Å². The third kappa shape index (κ3) is 1.68. The van der Waals surface area contributed by atoms with Crippen LogP contribution in [0.4, 0.5) is 10.5 Å². The van der Waals surface area contributed by atoms with E-state index >= 15 is 0 Å². The highest BCUT2D eigenvalue weighted by atomic mass is 35.5. The highest BCUT2D eigenvalue weighted by Gasteiger charge is 2.56. The molecular weight excluding hydrogens is 275 g/mol. The number of nitrogens with zero attached hydrogens (tertiary/aromatic N) is 1. The summed E-state index contributed by atoms with van der Waals surface area (Å²) in [6.07, 6.45) is 1.61. The minimum atomic E-state index is -0.443. The van der Waals surface area contributed by atoms with Gasteiger partial charge in [-0.25, -0.2) is 9.69 Å². The van der Waals surface area contributed by atoms with Crippen molar-refractivity contribution >= 4 is 40.8 Å². The van der Waals surface area contributed by atoms with E-state index in [1.807, 2.05) is 0 Å². The Kier molecular flexibility index (Phi) is 2.54. The zero-order valence-corrected chi connectivity index (χ0v) is 10.9. The van der Waals surface area contributed by atoms with Crippen molar-refractivity contribution in [2.75, 3.05) is 11.4 Å². The number of hydrogen-bond donors (Lipinski definition) is 1. The van der Waals surface area contributed by atoms with Crippen LogP contribution in [0.15, 0.2) is 18.2 Å². The van der Waals surface area contributed by atoms with Crippen molar-refractivity contribution in [2.45, 2.75) is 12.8 Å². The number of imide groups is 1. The van der Waals surface area contributed by atoms with Crippen LogP contribution in [0.25, 0.3) is 0 Å². The molecule has 4 nitrogen and oxygen atoms in total. The van der Waals surface area contributed by atoms with E-state index in [2.05, 4.69) is 5.32 Å². The second-order valence-corrected chi connectivity index (χ2v) is 5.52. The van der Waals surface area contributed by atoms with E-state index < -0.39 is 11.4 Å². The molecule has 6 heteroatoms. The minimum absolute atomic E-state index is 0.185. The predicted molar refractivity (Wildman–Crippen MR) is 69.0 cm³/mol. The average Bonchev–Trinajstić information content (AvgIpc) is 3.11. The van der Waals surface area contributed by atoms with E-state index in [4.69, 9.17) is 23.2 Å². The highest BCUT2D eigenvalue weighted by molar-refractivity contribution is 6.37. The largest absolute Gasteiger partial charge is 0.336 e. The number of carbonyl (C=O) groups excluding carboxylic acids is 2. The van der Waals surface area contributed by atoms with Gasteiger partial charge in [0.25, 0.3) is 0 Å². The Morgan fingerprint density at radius 3 is 2.61 bits per heavy atom. The molecule has 3 rings (SSSR count). The molecule has 0 unspecified atom stereocenters. The number of anilines is 1. The predicted octanol–water partition coefficient (Wildman–Crippen LogP) is 2.83. The van der Waals surface area contributed by atoms with E-state index in [1.54, 1.807) is 12.1 Å². The Labute approximate surface area is 114 Å². The Morgan fingerprint density at radius 1 is 1.22 bits per heavy atom. The van der Waals surface area contributed by atoms with Crippen molar-refractivity contribution in [1.82, 2.24) is 5.32 Å². The monoisotopic (exact) mass is 284 g/mol. The van der Waals surface area contributed by atoms with Crippen LogP contribution in [0.2, 0.25) is 10.0 Å². The van der Waals surface area contributed by atoms with Crippen LogP contribution in [-0.4, -0.2) is 18.5 Å². The van der Waals surface area contributed by atoms with E-state index in [9.17, 15) is 9.59 Å². The van der Waals surface area contributed by atoms with Crippen LogP contribution >= 0.6 is 23.2 Å². The van der Waals surface area contributed by atoms with Crippen LogP contribution in [-0.2, 0) is 4.79 Å². The fourth-order valence-corrected chi connectivity index (χ4v) is 2.51. The van der Waals surface area contributed by atoms with E-state index in [-0.39, 0.29) is 5.91 Å². The lowest BCUT2D eigenvalue weighted by molar-refractivity contribution is -0.123. The van der Waals surface area contributed by atoms with Gasteiger partial charge in [0.1, 0.15) is 0 Å². The highest BCUT2D eigenvalue weighted by Crippen LogP contribution is 2.49. The molecule has 1 saturated heterocycles. The lowest BCUT2D eigenvalue weighted by atomic mass is 10.0. The van der Waals surface area contributed by atoms with Crippen LogP contribution in [0.3, 0.4) is 0 Å². The number of benzene rings is 1. The third-order valence-electron chi connectivity index (χ3n) is 3.44. The second kappa shape index (κ2) is 3.87. The first-order valence-electron chi connectivity index (χ1n) is 5.61. The lowest BCUT2D eigenvalue weighted by Gasteiger charge is -2.32. The fraction of sp³-hybridized carbons (Fsp3) is 0.333. The number of urea groups is 1. The standard InChI is InChI=1S/C12H10Cl2N2O2/c13-7-1-2-8(14)9(5-7)16-10(17)12(3-4-12)6-15-11(16)18/h1-2,5H,3-4,6H2,(H,15,18). The average molecular weight is 285 g/mol. The molecule has 0 bridgehead atoms. The molecule has 2 fully saturated rings. The van der Waals surface area contributed by atoms with E-state index in [1.165, 1.54) is 6.07 Å². The molecule has 1 saturated carbocycles. The third-order valence-corrected chi connectivity index (χ3v) is 4.00. The van der Waals surface area contributed by atoms with Gasteiger partial charge in [0.15, 0.2) is 0 Å². The molecule has 3 amide bonds. The van der Waals surface area contributed by atoms with Gasteiger partial charge in [-0.15, -0.1) is 0 Å². The normalized spacial score (nSPS) is 21.1. The first-order chi connectivity index (χ1) is 8.53. The summed E-state index contributed by atoms with van der Waals surface area (Å²) in [7, 11) is 0. The topological polar surface area (TPSA) is 49.4 Å². The minimum Gasteiger partial charge on any atom is -0.336 e. The summed E-state index contributed by atoms with van der Waals surface area (Å²) in [5.74, 6) is -0.185. The Balaban J connectivity index is 2.05. The van der Waals surface area contributed by atoms with Crippen LogP contribution in [0, 0.1) is 5.41 Å². The van der Waals surface area contributed by atoms with Gasteiger partial charge in [0.2, 0.25) is 5.91 Å². The smallest absolute Gasteiger partial charge is 0.328 e. The summed E-state index contributed by atoms with van der Waals surface area (Å²) < 4.78 is 0. The maximum absolute atomic E-state index is 12.3. The van der Waals surface area contributed by atoms with Crippen molar-refractivity contribution in [3.8, 4) is 0 Å². The lowest BCUT2D eigenvalue weighted by Crippen LogP contribution is -2.56. The number of rotatable bonds is 1. The van der Waals surface area contributed by atoms with Crippen molar-refractivity contribution in [3.63, 3.8) is 0 Å². The van der Waals surface area contributed by atoms with Gasteiger partial charge < -0.3 is 5.32 Å². The Hall–Kier alpha value is -1.26. The molecular formula is C12H10Cl2N2O2. The molecule has 94 valence electrons. The van der Waals surface area contributed by atoms with Gasteiger partial charge in [-0.2, -0.15) is 0 Å². The molecule has 1 aromatic rings. The number of carbonyl (C=O) groups is 2. The van der Waals surface area contributed by atoms with Crippen molar-refractivity contribution in [3.05, 3.63) is 28.2 Å². The van der Waals surface area contributed by atoms with Crippen LogP contribution in [0.5, 0.6) is 0 Å². The molecule has 0 atom stereocenters. The van der Waals surface area contributed by atoms with Gasteiger partial charge in [-0.1, -0.05) is 23.2 Å². The zero-order valence-electron chi connectivity index (χ0n) is 9.37. The Bertz CT molecular complexity index is 555. The molecule has 1 aliphatic carbocycles. The van der Waals surface area contributed by atoms with Crippen molar-refractivity contribution < 1.29 is 9.59 Å². The Morgan fingerprint density at radius 2 is 1.94 bits per heavy atom. The zero-order chi connectivity index (χ0) is 12.9. The quantitative estimate of drug-likeness (QED) is 0.862. The summed E-state index contributed by atoms with van der Waals surface area (Å²) in [6.45, 7) is 0.416. The number of halogens is 2. The number of nitrogens with one attached hydrogen (secondary N) is 1. The number of amides is 3. The van der Waals surface area contributed by atoms with Gasteiger partial charge >= 0.3 is 6.03 Å². The van der Waals surface area contributed by atoms with Gasteiger partial charge in [0, 0.05) is 11.6 Å². The molecule has 1 aromatic carbocycles. The summed E-state index contributed by atoms with van der Waals surface area (Å²) in [4.78, 5) is 25.3. The SMILES string of the molecule is O=C1NCC2(CC2)C(=O)N1c1cc(Cl)ccc1Cl. The first kappa shape index (κ1) is 11.8. The second-order valence-electron chi connectivity index (χ2n) is 4.68. The van der Waals surface area contributed by atoms with Gasteiger partial charge in [-0.3, -0.25) is 4.79 Å². The molecule has 0 aromatic heterocycles.